The second-order valence-corrected chi connectivity index (χ2v) is 12.8. The first-order valence-electron chi connectivity index (χ1n) is 14.1. The number of aryl methyl sites for hydroxylation is 1. The summed E-state index contributed by atoms with van der Waals surface area (Å²) in [6.07, 6.45) is 0.749. The number of hydrogen-bond acceptors (Lipinski definition) is 11. The summed E-state index contributed by atoms with van der Waals surface area (Å²) < 4.78 is 97.7. The number of carbonyl (C=O) groups excluding carboxylic acids is 1. The zero-order valence-corrected chi connectivity index (χ0v) is 25.7. The van der Waals surface area contributed by atoms with Crippen LogP contribution in [0.25, 0.3) is 22.6 Å². The lowest BCUT2D eigenvalue weighted by Crippen LogP contribution is -2.45. The van der Waals surface area contributed by atoms with E-state index in [4.69, 9.17) is 4.74 Å². The number of amides is 1. The van der Waals surface area contributed by atoms with Crippen molar-refractivity contribution in [3.05, 3.63) is 54.9 Å². The molecule has 0 saturated heterocycles. The van der Waals surface area contributed by atoms with Crippen LogP contribution in [-0.4, -0.2) is 80.6 Å². The third kappa shape index (κ3) is 8.13. The summed E-state index contributed by atoms with van der Waals surface area (Å²) in [6, 6.07) is 1.91. The standard InChI is InChI=1S/C28H28F5N9O4S/c1-41-8-7-21(40-41)22-13-36-24(14-35-22)42(27(43)46-15-23(29)30)18-5-3-17(4-6-18)38-26-37-12-20(28(31,32)33)25(39-26)16-9-19(11-34-10-16)47(2,44)45/h7-14,17-18,23H,3-6,15H2,1-2H3,(H,37,38,39). The number of nitrogens with zero attached hydrogens (tertiary/aromatic N) is 8. The molecule has 1 aliphatic carbocycles. The maximum absolute atomic E-state index is 13.9. The summed E-state index contributed by atoms with van der Waals surface area (Å²) in [5, 5.41) is 7.26. The zero-order chi connectivity index (χ0) is 33.9. The van der Waals surface area contributed by atoms with Gasteiger partial charge in [-0.1, -0.05) is 0 Å². The Kier molecular flexibility index (Phi) is 9.64. The van der Waals surface area contributed by atoms with Crippen LogP contribution in [0.4, 0.5) is 38.5 Å². The molecule has 5 rings (SSSR count). The molecule has 47 heavy (non-hydrogen) atoms. The summed E-state index contributed by atoms with van der Waals surface area (Å²) in [4.78, 5) is 34.2. The number of nitrogens with one attached hydrogen (secondary N) is 1. The first-order valence-corrected chi connectivity index (χ1v) is 16.0. The first kappa shape index (κ1) is 33.6. The van der Waals surface area contributed by atoms with Gasteiger partial charge in [0.1, 0.15) is 17.0 Å². The third-order valence-corrected chi connectivity index (χ3v) is 8.37. The first-order chi connectivity index (χ1) is 22.2. The van der Waals surface area contributed by atoms with Gasteiger partial charge in [-0.05, 0) is 37.8 Å². The molecule has 0 radical (unpaired) electrons. The van der Waals surface area contributed by atoms with Gasteiger partial charge >= 0.3 is 12.3 Å². The van der Waals surface area contributed by atoms with Crippen molar-refractivity contribution in [3.63, 3.8) is 0 Å². The molecule has 4 aromatic heterocycles. The van der Waals surface area contributed by atoms with Gasteiger partial charge in [-0.15, -0.1) is 0 Å². The van der Waals surface area contributed by atoms with E-state index < -0.39 is 52.4 Å². The van der Waals surface area contributed by atoms with Crippen LogP contribution in [0.15, 0.2) is 54.2 Å². The van der Waals surface area contributed by atoms with Gasteiger partial charge < -0.3 is 10.1 Å². The van der Waals surface area contributed by atoms with Gasteiger partial charge in [0, 0.05) is 55.7 Å². The smallest absolute Gasteiger partial charge is 0.419 e. The SMILES string of the molecule is Cn1ccc(-c2cnc(N(C(=O)OCC(F)F)C3CCC(Nc4ncc(C(F)(F)F)c(-c5cncc(S(C)(=O)=O)c5)n4)CC3)cn2)n1. The minimum Gasteiger partial charge on any atom is -0.443 e. The number of pyridine rings is 1. The number of halogens is 5. The van der Waals surface area contributed by atoms with Crippen LogP contribution in [0.3, 0.4) is 0 Å². The van der Waals surface area contributed by atoms with Gasteiger partial charge in [0.2, 0.25) is 5.95 Å². The van der Waals surface area contributed by atoms with Crippen molar-refractivity contribution in [1.82, 2.24) is 34.7 Å². The number of anilines is 2. The second-order valence-electron chi connectivity index (χ2n) is 10.8. The highest BCUT2D eigenvalue weighted by Gasteiger charge is 2.37. The summed E-state index contributed by atoms with van der Waals surface area (Å²) >= 11 is 0. The van der Waals surface area contributed by atoms with E-state index in [-0.39, 0.29) is 28.3 Å². The van der Waals surface area contributed by atoms with Crippen molar-refractivity contribution in [2.24, 2.45) is 7.05 Å². The second kappa shape index (κ2) is 13.5. The fraction of sp³-hybridized carbons (Fsp3) is 0.393. The lowest BCUT2D eigenvalue weighted by molar-refractivity contribution is -0.137. The molecule has 1 N–H and O–H groups in total. The molecule has 0 bridgehead atoms. The highest BCUT2D eigenvalue weighted by Crippen LogP contribution is 2.37. The fourth-order valence-corrected chi connectivity index (χ4v) is 5.65. The Morgan fingerprint density at radius 2 is 1.81 bits per heavy atom. The largest absolute Gasteiger partial charge is 0.443 e. The monoisotopic (exact) mass is 681 g/mol. The number of carbonyl (C=O) groups is 1. The molecule has 0 aliphatic heterocycles. The summed E-state index contributed by atoms with van der Waals surface area (Å²) in [6.45, 7) is -1.11. The number of aromatic nitrogens is 7. The number of hydrogen-bond donors (Lipinski definition) is 1. The maximum Gasteiger partial charge on any atom is 0.419 e. The highest BCUT2D eigenvalue weighted by atomic mass is 32.2. The van der Waals surface area contributed by atoms with E-state index in [1.165, 1.54) is 17.3 Å². The highest BCUT2D eigenvalue weighted by molar-refractivity contribution is 7.90. The molecule has 1 fully saturated rings. The van der Waals surface area contributed by atoms with Crippen molar-refractivity contribution in [2.45, 2.75) is 55.3 Å². The number of rotatable bonds is 9. The van der Waals surface area contributed by atoms with E-state index in [9.17, 15) is 35.2 Å². The molecule has 0 aromatic carbocycles. The minimum absolute atomic E-state index is 0.0843. The Morgan fingerprint density at radius 1 is 1.06 bits per heavy atom. The minimum atomic E-state index is -4.84. The quantitative estimate of drug-likeness (QED) is 0.242. The fourth-order valence-electron chi connectivity index (χ4n) is 5.05. The van der Waals surface area contributed by atoms with E-state index in [0.717, 1.165) is 24.7 Å². The zero-order valence-electron chi connectivity index (χ0n) is 24.9. The molecule has 19 heteroatoms. The van der Waals surface area contributed by atoms with Crippen LogP contribution in [0, 0.1) is 0 Å². The average Bonchev–Trinajstić information content (AvgIpc) is 3.46. The molecule has 1 amide bonds. The topological polar surface area (TPSA) is 158 Å². The van der Waals surface area contributed by atoms with Gasteiger partial charge in [-0.2, -0.15) is 18.3 Å². The van der Waals surface area contributed by atoms with E-state index in [1.807, 2.05) is 0 Å². The lowest BCUT2D eigenvalue weighted by atomic mass is 9.90. The Labute approximate surface area is 265 Å². The van der Waals surface area contributed by atoms with E-state index in [0.29, 0.717) is 43.3 Å². The summed E-state index contributed by atoms with van der Waals surface area (Å²) in [5.74, 6) is -0.0496. The van der Waals surface area contributed by atoms with Crippen molar-refractivity contribution < 1.29 is 39.9 Å². The van der Waals surface area contributed by atoms with Gasteiger partial charge in [0.05, 0.1) is 23.0 Å². The van der Waals surface area contributed by atoms with E-state index in [2.05, 4.69) is 35.3 Å². The Morgan fingerprint density at radius 3 is 2.40 bits per heavy atom. The number of sulfone groups is 1. The Bertz CT molecular complexity index is 1830. The average molecular weight is 682 g/mol. The van der Waals surface area contributed by atoms with Crippen LogP contribution in [0.1, 0.15) is 31.2 Å². The van der Waals surface area contributed by atoms with Crippen molar-refractivity contribution >= 4 is 27.7 Å². The molecule has 4 heterocycles. The van der Waals surface area contributed by atoms with Gasteiger partial charge in [-0.25, -0.2) is 41.9 Å². The molecular weight excluding hydrogens is 653 g/mol. The van der Waals surface area contributed by atoms with Gasteiger partial charge in [-0.3, -0.25) is 14.6 Å². The van der Waals surface area contributed by atoms with Crippen LogP contribution in [0.2, 0.25) is 0 Å². The Hall–Kier alpha value is -4.81. The van der Waals surface area contributed by atoms with Crippen molar-refractivity contribution in [2.75, 3.05) is 23.1 Å². The maximum atomic E-state index is 13.9. The Balaban J connectivity index is 1.34. The molecular formula is C28H28F5N9O4S. The van der Waals surface area contributed by atoms with Gasteiger partial charge in [0.15, 0.2) is 22.3 Å². The van der Waals surface area contributed by atoms with Crippen molar-refractivity contribution in [3.8, 4) is 22.6 Å². The van der Waals surface area contributed by atoms with E-state index >= 15 is 0 Å². The van der Waals surface area contributed by atoms with E-state index in [1.54, 1.807) is 24.0 Å². The molecule has 4 aromatic rings. The summed E-state index contributed by atoms with van der Waals surface area (Å²) in [7, 11) is -2.03. The van der Waals surface area contributed by atoms with Crippen LogP contribution in [-0.2, 0) is 27.8 Å². The van der Waals surface area contributed by atoms with Crippen molar-refractivity contribution in [1.29, 1.82) is 0 Å². The number of alkyl halides is 5. The molecule has 1 saturated carbocycles. The predicted molar refractivity (Wildman–Crippen MR) is 157 cm³/mol. The predicted octanol–water partition coefficient (Wildman–Crippen LogP) is 4.78. The molecule has 13 nitrogen and oxygen atoms in total. The molecule has 0 unspecified atom stereocenters. The third-order valence-electron chi connectivity index (χ3n) is 7.29. The van der Waals surface area contributed by atoms with Crippen LogP contribution >= 0.6 is 0 Å². The normalized spacial score (nSPS) is 17.0. The molecule has 250 valence electrons. The molecule has 0 spiro atoms. The molecule has 1 aliphatic rings. The number of ether oxygens (including phenoxy) is 1. The summed E-state index contributed by atoms with van der Waals surface area (Å²) in [5.41, 5.74) is -0.923. The van der Waals surface area contributed by atoms with Crippen LogP contribution in [0.5, 0.6) is 0 Å². The lowest BCUT2D eigenvalue weighted by Gasteiger charge is -2.35. The molecule has 0 atom stereocenters. The van der Waals surface area contributed by atoms with Crippen LogP contribution < -0.4 is 10.2 Å². The van der Waals surface area contributed by atoms with Gasteiger partial charge in [0.25, 0.3) is 6.43 Å².